The van der Waals surface area contributed by atoms with E-state index < -0.39 is 0 Å². The molecule has 0 spiro atoms. The summed E-state index contributed by atoms with van der Waals surface area (Å²) in [7, 11) is 0. The maximum absolute atomic E-state index is 6.91. The molecule has 14 aromatic rings. The van der Waals surface area contributed by atoms with Gasteiger partial charge in [-0.2, -0.15) is 0 Å². The van der Waals surface area contributed by atoms with Crippen LogP contribution >= 0.6 is 0 Å². The lowest BCUT2D eigenvalue weighted by Gasteiger charge is -2.21. The second kappa shape index (κ2) is 16.6. The third-order valence-electron chi connectivity index (χ3n) is 15.3. The third kappa shape index (κ3) is 6.73. The zero-order valence-electron chi connectivity index (χ0n) is 39.7. The van der Waals surface area contributed by atoms with Crippen LogP contribution in [0.5, 0.6) is 0 Å². The van der Waals surface area contributed by atoms with E-state index in [2.05, 4.69) is 235 Å². The smallest absolute Gasteiger partial charge is 0.164 e. The molecular formula is C68H44N4O. The number of hydrogen-bond acceptors (Lipinski definition) is 4. The van der Waals surface area contributed by atoms with Crippen molar-refractivity contribution in [1.29, 1.82) is 0 Å². The van der Waals surface area contributed by atoms with Crippen LogP contribution in [0.2, 0.25) is 0 Å². The molecule has 0 fully saturated rings. The fraction of sp³-hybridized carbons (Fsp3) is 0.0441. The van der Waals surface area contributed by atoms with Crippen LogP contribution in [-0.2, 0) is 6.42 Å². The summed E-state index contributed by atoms with van der Waals surface area (Å²) in [4.78, 5) is 16.6. The lowest BCUT2D eigenvalue weighted by atomic mass is 9.82. The summed E-state index contributed by atoms with van der Waals surface area (Å²) in [5.74, 6) is 1.84. The Morgan fingerprint density at radius 2 is 1.03 bits per heavy atom. The monoisotopic (exact) mass is 932 g/mol. The lowest BCUT2D eigenvalue weighted by molar-refractivity contribution is 0.665. The first-order chi connectivity index (χ1) is 36.2. The molecule has 3 heterocycles. The van der Waals surface area contributed by atoms with Crippen molar-refractivity contribution >= 4 is 65.3 Å². The van der Waals surface area contributed by atoms with Gasteiger partial charge in [-0.1, -0.05) is 188 Å². The van der Waals surface area contributed by atoms with Gasteiger partial charge in [-0.15, -0.1) is 0 Å². The van der Waals surface area contributed by atoms with Gasteiger partial charge in [0.15, 0.2) is 17.5 Å². The van der Waals surface area contributed by atoms with Gasteiger partial charge in [0.05, 0.1) is 11.0 Å². The second-order valence-corrected chi connectivity index (χ2v) is 19.4. The summed E-state index contributed by atoms with van der Waals surface area (Å²) in [5.41, 5.74) is 16.4. The highest BCUT2D eigenvalue weighted by molar-refractivity contribution is 6.16. The molecule has 0 bridgehead atoms. The number of hydrogen-bond donors (Lipinski definition) is 0. The summed E-state index contributed by atoms with van der Waals surface area (Å²) < 4.78 is 9.26. The Morgan fingerprint density at radius 3 is 1.85 bits per heavy atom. The summed E-state index contributed by atoms with van der Waals surface area (Å²) >= 11 is 0. The number of fused-ring (bicyclic) bond motifs is 12. The first kappa shape index (κ1) is 41.3. The van der Waals surface area contributed by atoms with E-state index in [1.54, 1.807) is 0 Å². The number of nitrogens with zero attached hydrogens (tertiary/aromatic N) is 4. The highest BCUT2D eigenvalue weighted by Gasteiger charge is 2.29. The van der Waals surface area contributed by atoms with Gasteiger partial charge in [-0.05, 0) is 122 Å². The van der Waals surface area contributed by atoms with Gasteiger partial charge >= 0.3 is 0 Å². The number of rotatable bonds is 6. The molecular weight excluding hydrogens is 889 g/mol. The van der Waals surface area contributed by atoms with Gasteiger partial charge in [-0.25, -0.2) is 15.0 Å². The molecule has 1 aliphatic rings. The van der Waals surface area contributed by atoms with Crippen LogP contribution < -0.4 is 0 Å². The van der Waals surface area contributed by atoms with E-state index >= 15 is 0 Å². The maximum Gasteiger partial charge on any atom is 0.164 e. The van der Waals surface area contributed by atoms with Crippen LogP contribution in [-0.4, -0.2) is 19.5 Å². The number of benzene rings is 11. The normalized spacial score (nSPS) is 13.5. The molecule has 0 amide bonds. The van der Waals surface area contributed by atoms with Gasteiger partial charge in [0.2, 0.25) is 0 Å². The van der Waals surface area contributed by atoms with E-state index in [1.807, 2.05) is 6.07 Å². The molecule has 11 aromatic carbocycles. The van der Waals surface area contributed by atoms with Crippen LogP contribution in [0.1, 0.15) is 29.0 Å². The van der Waals surface area contributed by atoms with E-state index in [1.165, 1.54) is 49.4 Å². The molecule has 0 aliphatic heterocycles. The van der Waals surface area contributed by atoms with Crippen molar-refractivity contribution in [3.63, 3.8) is 0 Å². The van der Waals surface area contributed by atoms with Crippen molar-refractivity contribution in [3.05, 3.63) is 253 Å². The van der Waals surface area contributed by atoms with Gasteiger partial charge < -0.3 is 8.98 Å². The van der Waals surface area contributed by atoms with E-state index in [0.717, 1.165) is 90.1 Å². The molecule has 73 heavy (non-hydrogen) atoms. The number of para-hydroxylation sites is 3. The first-order valence-corrected chi connectivity index (χ1v) is 25.2. The number of aryl methyl sites for hydroxylation is 1. The third-order valence-corrected chi connectivity index (χ3v) is 15.3. The predicted molar refractivity (Wildman–Crippen MR) is 300 cm³/mol. The molecule has 3 aromatic heterocycles. The quantitative estimate of drug-likeness (QED) is 0.167. The van der Waals surface area contributed by atoms with Crippen LogP contribution in [0.25, 0.3) is 127 Å². The predicted octanol–water partition coefficient (Wildman–Crippen LogP) is 17.6. The van der Waals surface area contributed by atoms with Gasteiger partial charge in [0.25, 0.3) is 0 Å². The average Bonchev–Trinajstić information content (AvgIpc) is 3.96. The van der Waals surface area contributed by atoms with Crippen molar-refractivity contribution in [1.82, 2.24) is 19.5 Å². The Labute approximate surface area is 421 Å². The van der Waals surface area contributed by atoms with Gasteiger partial charge in [-0.3, -0.25) is 0 Å². The molecule has 5 nitrogen and oxygen atoms in total. The fourth-order valence-electron chi connectivity index (χ4n) is 11.9. The zero-order valence-corrected chi connectivity index (χ0v) is 39.7. The molecule has 0 radical (unpaired) electrons. The average molecular weight is 933 g/mol. The highest BCUT2D eigenvalue weighted by atomic mass is 16.3. The summed E-state index contributed by atoms with van der Waals surface area (Å²) in [6.45, 7) is 0. The minimum atomic E-state index is 0.0376. The summed E-state index contributed by atoms with van der Waals surface area (Å²) in [5, 5.41) is 9.25. The van der Waals surface area contributed by atoms with Crippen molar-refractivity contribution in [2.75, 3.05) is 0 Å². The highest BCUT2D eigenvalue weighted by Crippen LogP contribution is 2.48. The largest absolute Gasteiger partial charge is 0.456 e. The van der Waals surface area contributed by atoms with Gasteiger partial charge in [0.1, 0.15) is 11.2 Å². The molecule has 342 valence electrons. The minimum absolute atomic E-state index is 0.0376. The zero-order chi connectivity index (χ0) is 48.0. The molecule has 1 unspecified atom stereocenters. The van der Waals surface area contributed by atoms with Crippen LogP contribution in [0.3, 0.4) is 0 Å². The Balaban J connectivity index is 0.990. The van der Waals surface area contributed by atoms with Crippen LogP contribution in [0, 0.1) is 0 Å². The molecule has 0 saturated carbocycles. The van der Waals surface area contributed by atoms with Crippen molar-refractivity contribution < 1.29 is 4.42 Å². The van der Waals surface area contributed by atoms with Crippen molar-refractivity contribution in [3.8, 4) is 62.1 Å². The molecule has 15 rings (SSSR count). The van der Waals surface area contributed by atoms with E-state index in [-0.39, 0.29) is 5.92 Å². The van der Waals surface area contributed by atoms with E-state index in [9.17, 15) is 0 Å². The van der Waals surface area contributed by atoms with Gasteiger partial charge in [0, 0.05) is 49.8 Å². The standard InChI is InChI=1S/C68H44N4O/c1-3-16-42(17-4-1)43-30-32-45(33-31-43)66-69-67(56-26-15-28-60-64(56)54-24-11-13-27-59(54)72(60)50-21-5-2-6-22-50)71-68(70-66)58-40-49(41-62-65(58)55-25-12-14-29-61(55)73-62)51-36-35-48-38-46-19-7-8-20-47(46)39-57(48)63-52-23-10-9-18-44(52)34-37-53(51)63/h1-34,37-41,51H,35-36H2. The summed E-state index contributed by atoms with van der Waals surface area (Å²) in [6, 6.07) is 85.0. The minimum Gasteiger partial charge on any atom is -0.456 e. The topological polar surface area (TPSA) is 56.7 Å². The fourth-order valence-corrected chi connectivity index (χ4v) is 11.9. The SMILES string of the molecule is c1ccc(-c2ccc(-c3nc(-c4cc(C5CCc6cc7ccccc7cc6-c6c5ccc5ccccc65)cc5oc6ccccc6c45)nc(-c4cccc5c4c4ccccc4n5-c4ccccc4)n3)cc2)cc1. The number of aromatic nitrogens is 4. The van der Waals surface area contributed by atoms with Crippen LogP contribution in [0.4, 0.5) is 0 Å². The Bertz CT molecular complexity index is 4500. The summed E-state index contributed by atoms with van der Waals surface area (Å²) in [6.07, 6.45) is 1.83. The Kier molecular flexibility index (Phi) is 9.39. The Hall–Kier alpha value is -9.45. The number of furan rings is 1. The molecule has 1 aliphatic carbocycles. The lowest BCUT2D eigenvalue weighted by Crippen LogP contribution is -2.05. The molecule has 5 heteroatoms. The molecule has 0 N–H and O–H groups in total. The van der Waals surface area contributed by atoms with E-state index in [4.69, 9.17) is 19.4 Å². The molecule has 0 saturated heterocycles. The van der Waals surface area contributed by atoms with Crippen LogP contribution in [0.15, 0.2) is 241 Å². The Morgan fingerprint density at radius 1 is 0.397 bits per heavy atom. The second-order valence-electron chi connectivity index (χ2n) is 19.4. The van der Waals surface area contributed by atoms with Crippen molar-refractivity contribution in [2.45, 2.75) is 18.8 Å². The van der Waals surface area contributed by atoms with E-state index in [0.29, 0.717) is 17.5 Å². The molecule has 1 atom stereocenters. The first-order valence-electron chi connectivity index (χ1n) is 25.2. The maximum atomic E-state index is 6.91. The van der Waals surface area contributed by atoms with Crippen molar-refractivity contribution in [2.24, 2.45) is 0 Å².